The summed E-state index contributed by atoms with van der Waals surface area (Å²) in [5.74, 6) is -2.36. The van der Waals surface area contributed by atoms with E-state index in [1.807, 2.05) is 13.8 Å². The fraction of sp³-hybridized carbons (Fsp3) is 0.394. The van der Waals surface area contributed by atoms with Crippen molar-refractivity contribution in [3.63, 3.8) is 0 Å². The number of rotatable bonds is 14. The van der Waals surface area contributed by atoms with Crippen LogP contribution < -0.4 is 10.2 Å². The van der Waals surface area contributed by atoms with Gasteiger partial charge in [0.15, 0.2) is 0 Å². The molecule has 0 fully saturated rings. The predicted molar refractivity (Wildman–Crippen MR) is 162 cm³/mol. The SMILES string of the molecule is CCCN(CCC)C(=O)c1cc(C)cc(C(=O)N[C@@H](Cc2cc(F)cc(F)c2)[C@@H](O)[C@H](O)CN(C)c2ccc(O)cc2)c1. The monoisotopic (exact) mass is 597 g/mol. The molecule has 0 aliphatic rings. The topological polar surface area (TPSA) is 113 Å². The minimum absolute atomic E-state index is 0.0520. The third kappa shape index (κ3) is 9.49. The van der Waals surface area contributed by atoms with Gasteiger partial charge < -0.3 is 30.4 Å². The van der Waals surface area contributed by atoms with Crippen LogP contribution in [0.15, 0.2) is 60.7 Å². The van der Waals surface area contributed by atoms with Crippen LogP contribution in [0.5, 0.6) is 5.75 Å². The largest absolute Gasteiger partial charge is 0.508 e. The number of phenols is 1. The van der Waals surface area contributed by atoms with Gasteiger partial charge in [-0.1, -0.05) is 13.8 Å². The van der Waals surface area contributed by atoms with E-state index in [-0.39, 0.29) is 35.7 Å². The number of likely N-dealkylation sites (N-methyl/N-ethyl adjacent to an activating group) is 1. The summed E-state index contributed by atoms with van der Waals surface area (Å²) >= 11 is 0. The fourth-order valence-corrected chi connectivity index (χ4v) is 5.04. The predicted octanol–water partition coefficient (Wildman–Crippen LogP) is 4.44. The lowest BCUT2D eigenvalue weighted by Gasteiger charge is -2.31. The number of phenolic OH excluding ortho intramolecular Hbond substituents is 1. The standard InChI is InChI=1S/C33H41F2N3O5/c1-5-11-38(12-6-2)33(43)24-14-21(3)13-23(18-24)32(42)36-29(17-22-15-25(34)19-26(35)16-22)31(41)30(40)20-37(4)27-7-9-28(39)10-8-27/h7-10,13-16,18-19,29-31,39-41H,5-6,11-12,17,20H2,1-4H3,(H,36,42)/t29-,30+,31+/m0/s1. The molecule has 43 heavy (non-hydrogen) atoms. The number of aliphatic hydroxyl groups excluding tert-OH is 2. The maximum absolute atomic E-state index is 14.0. The summed E-state index contributed by atoms with van der Waals surface area (Å²) in [4.78, 5) is 30.2. The Bertz CT molecular complexity index is 1360. The van der Waals surface area contributed by atoms with Gasteiger partial charge in [-0.05, 0) is 91.9 Å². The van der Waals surface area contributed by atoms with E-state index < -0.39 is 35.8 Å². The molecule has 0 aliphatic carbocycles. The van der Waals surface area contributed by atoms with Gasteiger partial charge >= 0.3 is 0 Å². The first-order chi connectivity index (χ1) is 20.4. The molecule has 0 radical (unpaired) electrons. The molecular weight excluding hydrogens is 556 g/mol. The van der Waals surface area contributed by atoms with Gasteiger partial charge in [0.2, 0.25) is 0 Å². The molecule has 4 N–H and O–H groups in total. The Hall–Kier alpha value is -4.02. The van der Waals surface area contributed by atoms with E-state index in [1.165, 1.54) is 18.2 Å². The highest BCUT2D eigenvalue weighted by Gasteiger charge is 2.30. The van der Waals surface area contributed by atoms with Crippen LogP contribution in [-0.2, 0) is 6.42 Å². The molecule has 0 aromatic heterocycles. The normalized spacial score (nSPS) is 13.2. The molecule has 0 aliphatic heterocycles. The van der Waals surface area contributed by atoms with E-state index in [0.717, 1.165) is 31.0 Å². The molecule has 0 heterocycles. The Balaban J connectivity index is 1.87. The highest BCUT2D eigenvalue weighted by Crippen LogP contribution is 2.20. The summed E-state index contributed by atoms with van der Waals surface area (Å²) in [5, 5.41) is 34.5. The van der Waals surface area contributed by atoms with E-state index in [4.69, 9.17) is 0 Å². The molecule has 0 saturated carbocycles. The molecule has 10 heteroatoms. The minimum Gasteiger partial charge on any atom is -0.508 e. The van der Waals surface area contributed by atoms with Crippen LogP contribution in [0.25, 0.3) is 0 Å². The highest BCUT2D eigenvalue weighted by molar-refractivity contribution is 6.00. The Labute approximate surface area is 251 Å². The summed E-state index contributed by atoms with van der Waals surface area (Å²) in [7, 11) is 1.68. The van der Waals surface area contributed by atoms with Crippen molar-refractivity contribution in [2.45, 2.75) is 58.3 Å². The molecule has 3 rings (SSSR count). The number of carbonyl (C=O) groups is 2. The second-order valence-corrected chi connectivity index (χ2v) is 10.9. The number of hydrogen-bond donors (Lipinski definition) is 4. The second kappa shape index (κ2) is 15.5. The van der Waals surface area contributed by atoms with Crippen LogP contribution in [0, 0.1) is 18.6 Å². The van der Waals surface area contributed by atoms with Crippen LogP contribution in [0.3, 0.4) is 0 Å². The highest BCUT2D eigenvalue weighted by atomic mass is 19.1. The number of nitrogens with zero attached hydrogens (tertiary/aromatic N) is 2. The fourth-order valence-electron chi connectivity index (χ4n) is 5.04. The van der Waals surface area contributed by atoms with Crippen LogP contribution in [0.1, 0.15) is 58.5 Å². The van der Waals surface area contributed by atoms with Crippen molar-refractivity contribution < 1.29 is 33.7 Å². The third-order valence-electron chi connectivity index (χ3n) is 7.11. The Morgan fingerprint density at radius 3 is 2.05 bits per heavy atom. The molecule has 0 unspecified atom stereocenters. The Kier molecular flexibility index (Phi) is 12.0. The lowest BCUT2D eigenvalue weighted by atomic mass is 9.96. The van der Waals surface area contributed by atoms with Gasteiger partial charge in [0.05, 0.1) is 12.1 Å². The van der Waals surface area contributed by atoms with E-state index >= 15 is 0 Å². The lowest BCUT2D eigenvalue weighted by Crippen LogP contribution is -2.52. The van der Waals surface area contributed by atoms with Crippen LogP contribution in [-0.4, -0.2) is 77.0 Å². The molecular formula is C33H41F2N3O5. The van der Waals surface area contributed by atoms with Gasteiger partial charge in [-0.3, -0.25) is 9.59 Å². The summed E-state index contributed by atoms with van der Waals surface area (Å²) in [6, 6.07) is 12.8. The maximum Gasteiger partial charge on any atom is 0.253 e. The Morgan fingerprint density at radius 2 is 1.47 bits per heavy atom. The van der Waals surface area contributed by atoms with Crippen LogP contribution in [0.2, 0.25) is 0 Å². The van der Waals surface area contributed by atoms with E-state index in [2.05, 4.69) is 5.32 Å². The first-order valence-corrected chi connectivity index (χ1v) is 14.4. The average Bonchev–Trinajstić information content (AvgIpc) is 2.95. The Morgan fingerprint density at radius 1 is 0.884 bits per heavy atom. The molecule has 0 bridgehead atoms. The van der Waals surface area contributed by atoms with Gasteiger partial charge in [-0.25, -0.2) is 8.78 Å². The van der Waals surface area contributed by atoms with Gasteiger partial charge in [0.25, 0.3) is 11.8 Å². The van der Waals surface area contributed by atoms with Crippen molar-refractivity contribution in [3.05, 3.63) is 94.6 Å². The van der Waals surface area contributed by atoms with Crippen molar-refractivity contribution in [1.82, 2.24) is 10.2 Å². The summed E-state index contributed by atoms with van der Waals surface area (Å²) < 4.78 is 28.0. The van der Waals surface area contributed by atoms with Crippen LogP contribution >= 0.6 is 0 Å². The number of carbonyl (C=O) groups excluding carboxylic acids is 2. The van der Waals surface area contributed by atoms with Gasteiger partial charge in [-0.2, -0.15) is 0 Å². The number of halogens is 2. The zero-order valence-electron chi connectivity index (χ0n) is 25.1. The average molecular weight is 598 g/mol. The number of aliphatic hydroxyl groups is 2. The summed E-state index contributed by atoms with van der Waals surface area (Å²) in [6.07, 6.45) is -1.52. The van der Waals surface area contributed by atoms with Crippen molar-refractivity contribution in [2.75, 3.05) is 31.6 Å². The number of amides is 2. The van der Waals surface area contributed by atoms with Gasteiger partial charge in [0, 0.05) is 49.6 Å². The van der Waals surface area contributed by atoms with Crippen molar-refractivity contribution in [1.29, 1.82) is 0 Å². The number of anilines is 1. The first kappa shape index (κ1) is 33.5. The zero-order chi connectivity index (χ0) is 31.7. The first-order valence-electron chi connectivity index (χ1n) is 14.4. The maximum atomic E-state index is 14.0. The third-order valence-corrected chi connectivity index (χ3v) is 7.11. The van der Waals surface area contributed by atoms with E-state index in [0.29, 0.717) is 29.9 Å². The number of benzene rings is 3. The molecule has 2 amide bonds. The van der Waals surface area contributed by atoms with Crippen molar-refractivity contribution in [3.8, 4) is 5.75 Å². The number of nitrogens with one attached hydrogen (secondary N) is 1. The van der Waals surface area contributed by atoms with Gasteiger partial charge in [0.1, 0.15) is 23.5 Å². The molecule has 8 nitrogen and oxygen atoms in total. The lowest BCUT2D eigenvalue weighted by molar-refractivity contribution is 0.00153. The van der Waals surface area contributed by atoms with Gasteiger partial charge in [-0.15, -0.1) is 0 Å². The molecule has 3 aromatic carbocycles. The molecule has 0 spiro atoms. The second-order valence-electron chi connectivity index (χ2n) is 10.9. The minimum atomic E-state index is -1.54. The zero-order valence-corrected chi connectivity index (χ0v) is 25.1. The molecule has 232 valence electrons. The number of aryl methyl sites for hydroxylation is 1. The molecule has 3 atom stereocenters. The molecule has 3 aromatic rings. The van der Waals surface area contributed by atoms with Crippen molar-refractivity contribution >= 4 is 17.5 Å². The smallest absolute Gasteiger partial charge is 0.253 e. The number of aromatic hydroxyl groups is 1. The van der Waals surface area contributed by atoms with Crippen molar-refractivity contribution in [2.24, 2.45) is 0 Å². The summed E-state index contributed by atoms with van der Waals surface area (Å²) in [6.45, 7) is 6.84. The van der Waals surface area contributed by atoms with Crippen LogP contribution in [0.4, 0.5) is 14.5 Å². The number of hydrogen-bond acceptors (Lipinski definition) is 6. The molecule has 0 saturated heterocycles. The quantitative estimate of drug-likeness (QED) is 0.219. The summed E-state index contributed by atoms with van der Waals surface area (Å²) in [5.41, 5.74) is 2.05. The van der Waals surface area contributed by atoms with E-state index in [1.54, 1.807) is 48.0 Å². The van der Waals surface area contributed by atoms with E-state index in [9.17, 15) is 33.7 Å².